The van der Waals surface area contributed by atoms with Gasteiger partial charge in [-0.2, -0.15) is 5.10 Å². The molecule has 0 atom stereocenters. The Hall–Kier alpha value is -1.09. The average Bonchev–Trinajstić information content (AvgIpc) is 2.33. The van der Waals surface area contributed by atoms with Crippen molar-refractivity contribution in [2.45, 2.75) is 0 Å². The first kappa shape index (κ1) is 7.02. The van der Waals surface area contributed by atoms with E-state index in [4.69, 9.17) is 0 Å². The summed E-state index contributed by atoms with van der Waals surface area (Å²) in [5.41, 5.74) is 1.03. The molecule has 0 fully saturated rings. The van der Waals surface area contributed by atoms with Crippen LogP contribution in [0, 0.1) is 0 Å². The fraction of sp³-hybridized carbons (Fsp3) is 0. The summed E-state index contributed by atoms with van der Waals surface area (Å²) in [5.74, 6) is 0. The van der Waals surface area contributed by atoms with Crippen molar-refractivity contribution >= 4 is 17.9 Å². The van der Waals surface area contributed by atoms with Crippen molar-refractivity contribution in [3.63, 3.8) is 0 Å². The van der Waals surface area contributed by atoms with Gasteiger partial charge < -0.3 is 0 Å². The Morgan fingerprint density at radius 2 is 2.20 bits per heavy atom. The molecule has 0 saturated carbocycles. The van der Waals surface area contributed by atoms with Gasteiger partial charge in [0.05, 0.1) is 17.9 Å². The van der Waals surface area contributed by atoms with Crippen LogP contribution in [0.1, 0.15) is 0 Å². The van der Waals surface area contributed by atoms with Crippen molar-refractivity contribution < 1.29 is 0 Å². The molecule has 52 valence electrons. The maximum Gasteiger partial charge on any atom is 0.0844 e. The summed E-state index contributed by atoms with van der Waals surface area (Å²) in [7, 11) is 0. The summed E-state index contributed by atoms with van der Waals surface area (Å²) >= 11 is 0. The summed E-state index contributed by atoms with van der Waals surface area (Å²) in [6.07, 6.45) is 7.04. The molecule has 0 radical (unpaired) electrons. The van der Waals surface area contributed by atoms with E-state index in [9.17, 15) is 0 Å². The molecule has 0 bridgehead atoms. The fourth-order valence-corrected chi connectivity index (χ4v) is 0.772. The van der Waals surface area contributed by atoms with Crippen molar-refractivity contribution in [3.8, 4) is 0 Å². The Labute approximate surface area is 64.1 Å². The van der Waals surface area contributed by atoms with Crippen molar-refractivity contribution in [2.75, 3.05) is 0 Å². The van der Waals surface area contributed by atoms with Crippen LogP contribution in [0.5, 0.6) is 0 Å². The van der Waals surface area contributed by atoms with Crippen LogP contribution in [-0.4, -0.2) is 14.6 Å². The zero-order chi connectivity index (χ0) is 6.10. The normalized spacial score (nSPS) is 9.20. The zero-order valence-electron chi connectivity index (χ0n) is 5.14. The molecule has 0 aliphatic heterocycles. The van der Waals surface area contributed by atoms with E-state index < -0.39 is 0 Å². The highest BCUT2D eigenvalue weighted by atomic mass is 35.5. The van der Waals surface area contributed by atoms with E-state index in [1.165, 1.54) is 0 Å². The Morgan fingerprint density at radius 1 is 1.30 bits per heavy atom. The van der Waals surface area contributed by atoms with Crippen LogP contribution in [0.3, 0.4) is 0 Å². The standard InChI is InChI=1S/C6H5N3.ClH/c1-2-8-9-4-3-7-5-6(1)9;/h1-5H;1H. The second kappa shape index (κ2) is 2.66. The number of rotatable bonds is 0. The van der Waals surface area contributed by atoms with Gasteiger partial charge in [-0.25, -0.2) is 4.52 Å². The lowest BCUT2D eigenvalue weighted by Crippen LogP contribution is -1.84. The lowest BCUT2D eigenvalue weighted by Gasteiger charge is -1.86. The first-order valence-electron chi connectivity index (χ1n) is 2.70. The van der Waals surface area contributed by atoms with Crippen LogP contribution in [-0.2, 0) is 0 Å². The van der Waals surface area contributed by atoms with Crippen LogP contribution < -0.4 is 0 Å². The molecule has 0 aliphatic carbocycles. The molecule has 4 heteroatoms. The minimum Gasteiger partial charge on any atom is -0.261 e. The number of aromatic nitrogens is 3. The smallest absolute Gasteiger partial charge is 0.0844 e. The number of halogens is 1. The Bertz CT molecular complexity index is 287. The molecule has 0 saturated heterocycles. The number of hydrogen-bond acceptors (Lipinski definition) is 2. The van der Waals surface area contributed by atoms with Crippen molar-refractivity contribution in [1.29, 1.82) is 0 Å². The monoisotopic (exact) mass is 155 g/mol. The molecule has 0 amide bonds. The molecule has 2 aromatic heterocycles. The highest BCUT2D eigenvalue weighted by Crippen LogP contribution is 1.95. The van der Waals surface area contributed by atoms with E-state index in [1.807, 2.05) is 12.3 Å². The largest absolute Gasteiger partial charge is 0.261 e. The Kier molecular flexibility index (Phi) is 1.87. The molecule has 2 aromatic rings. The average molecular weight is 156 g/mol. The second-order valence-electron chi connectivity index (χ2n) is 1.78. The zero-order valence-corrected chi connectivity index (χ0v) is 5.95. The number of fused-ring (bicyclic) bond motifs is 1. The quantitative estimate of drug-likeness (QED) is 0.572. The summed E-state index contributed by atoms with van der Waals surface area (Å²) in [6.45, 7) is 0. The summed E-state index contributed by atoms with van der Waals surface area (Å²) in [5, 5.41) is 4.00. The highest BCUT2D eigenvalue weighted by molar-refractivity contribution is 5.85. The molecule has 10 heavy (non-hydrogen) atoms. The third-order valence-electron chi connectivity index (χ3n) is 1.20. The SMILES string of the molecule is Cl.c1cn2nccc2cn1. The summed E-state index contributed by atoms with van der Waals surface area (Å²) in [4.78, 5) is 3.92. The van der Waals surface area contributed by atoms with Crippen LogP contribution in [0.15, 0.2) is 30.9 Å². The van der Waals surface area contributed by atoms with Crippen molar-refractivity contribution in [3.05, 3.63) is 30.9 Å². The lowest BCUT2D eigenvalue weighted by atomic mass is 10.5. The van der Waals surface area contributed by atoms with E-state index >= 15 is 0 Å². The predicted molar refractivity (Wildman–Crippen MR) is 40.2 cm³/mol. The van der Waals surface area contributed by atoms with Gasteiger partial charge in [0.2, 0.25) is 0 Å². The minimum absolute atomic E-state index is 0. The third kappa shape index (κ3) is 0.953. The minimum atomic E-state index is 0. The van der Waals surface area contributed by atoms with Crippen molar-refractivity contribution in [2.24, 2.45) is 0 Å². The molecule has 0 aliphatic rings. The molecule has 0 unspecified atom stereocenters. The number of hydrogen-bond donors (Lipinski definition) is 0. The Balaban J connectivity index is 0.000000500. The maximum absolute atomic E-state index is 4.00. The Morgan fingerprint density at radius 3 is 3.00 bits per heavy atom. The first-order valence-corrected chi connectivity index (χ1v) is 2.70. The molecule has 3 nitrogen and oxygen atoms in total. The van der Waals surface area contributed by atoms with E-state index in [0.717, 1.165) is 5.52 Å². The van der Waals surface area contributed by atoms with Gasteiger partial charge in [0, 0.05) is 12.4 Å². The molecular weight excluding hydrogens is 150 g/mol. The van der Waals surface area contributed by atoms with Gasteiger partial charge in [0.15, 0.2) is 0 Å². The van der Waals surface area contributed by atoms with Crippen LogP contribution in [0.2, 0.25) is 0 Å². The number of nitrogens with zero attached hydrogens (tertiary/aromatic N) is 3. The predicted octanol–water partition coefficient (Wildman–Crippen LogP) is 1.15. The highest BCUT2D eigenvalue weighted by Gasteiger charge is 1.86. The van der Waals surface area contributed by atoms with Crippen LogP contribution in [0.4, 0.5) is 0 Å². The lowest BCUT2D eigenvalue weighted by molar-refractivity contribution is 0.946. The second-order valence-corrected chi connectivity index (χ2v) is 1.78. The fourth-order valence-electron chi connectivity index (χ4n) is 0.772. The summed E-state index contributed by atoms with van der Waals surface area (Å²) < 4.78 is 1.77. The van der Waals surface area contributed by atoms with Crippen LogP contribution in [0.25, 0.3) is 5.52 Å². The molecule has 0 aromatic carbocycles. The van der Waals surface area contributed by atoms with Gasteiger partial charge in [-0.05, 0) is 6.07 Å². The molecule has 0 N–H and O–H groups in total. The molecular formula is C6H6ClN3. The molecule has 2 heterocycles. The first-order chi connectivity index (χ1) is 4.47. The molecule has 2 rings (SSSR count). The van der Waals surface area contributed by atoms with Gasteiger partial charge in [-0.15, -0.1) is 12.4 Å². The van der Waals surface area contributed by atoms with Gasteiger partial charge in [0.1, 0.15) is 0 Å². The van der Waals surface area contributed by atoms with E-state index in [1.54, 1.807) is 23.1 Å². The van der Waals surface area contributed by atoms with Gasteiger partial charge in [-0.3, -0.25) is 4.98 Å². The van der Waals surface area contributed by atoms with Gasteiger partial charge >= 0.3 is 0 Å². The van der Waals surface area contributed by atoms with Gasteiger partial charge in [0.25, 0.3) is 0 Å². The third-order valence-corrected chi connectivity index (χ3v) is 1.20. The molecule has 0 spiro atoms. The van der Waals surface area contributed by atoms with Crippen LogP contribution >= 0.6 is 12.4 Å². The van der Waals surface area contributed by atoms with E-state index in [-0.39, 0.29) is 12.4 Å². The topological polar surface area (TPSA) is 30.2 Å². The summed E-state index contributed by atoms with van der Waals surface area (Å²) in [6, 6.07) is 1.91. The van der Waals surface area contributed by atoms with Gasteiger partial charge in [-0.1, -0.05) is 0 Å². The van der Waals surface area contributed by atoms with Crippen molar-refractivity contribution in [1.82, 2.24) is 14.6 Å². The maximum atomic E-state index is 4.00. The van der Waals surface area contributed by atoms with E-state index in [2.05, 4.69) is 10.1 Å². The van der Waals surface area contributed by atoms with E-state index in [0.29, 0.717) is 0 Å².